The second-order valence-electron chi connectivity index (χ2n) is 4.11. The Hall–Kier alpha value is -1.10. The van der Waals surface area contributed by atoms with E-state index in [1.54, 1.807) is 19.0 Å². The normalized spacial score (nSPS) is 12.6. The highest BCUT2D eigenvalue weighted by atomic mass is 16.4. The Kier molecular flexibility index (Phi) is 6.72. The Balaban J connectivity index is 4.09. The van der Waals surface area contributed by atoms with Crippen LogP contribution in [0.5, 0.6) is 0 Å². The topological polar surface area (TPSA) is 60.9 Å². The third-order valence-corrected chi connectivity index (χ3v) is 2.61. The first-order chi connectivity index (χ1) is 7.38. The average Bonchev–Trinajstić information content (AvgIpc) is 2.16. The number of carbonyl (C=O) groups is 2. The number of nitrogens with zero attached hydrogens (tertiary/aromatic N) is 2. The molecule has 0 spiro atoms. The highest BCUT2D eigenvalue weighted by Gasteiger charge is 2.16. The molecule has 0 aromatic carbocycles. The van der Waals surface area contributed by atoms with Crippen molar-refractivity contribution in [1.29, 1.82) is 0 Å². The molecule has 1 N–H and O–H groups in total. The van der Waals surface area contributed by atoms with Gasteiger partial charge in [0.15, 0.2) is 0 Å². The molecule has 0 rings (SSSR count). The van der Waals surface area contributed by atoms with Gasteiger partial charge in [0.2, 0.25) is 5.91 Å². The molecule has 0 saturated carbocycles. The fourth-order valence-corrected chi connectivity index (χ4v) is 1.53. The maximum absolute atomic E-state index is 11.4. The second kappa shape index (κ2) is 7.22. The number of carbonyl (C=O) groups excluding carboxylic acids is 1. The highest BCUT2D eigenvalue weighted by Crippen LogP contribution is 2.05. The summed E-state index contributed by atoms with van der Waals surface area (Å²) in [4.78, 5) is 25.5. The number of hydrogen-bond donors (Lipinski definition) is 1. The van der Waals surface area contributed by atoms with Crippen molar-refractivity contribution in [1.82, 2.24) is 9.80 Å². The number of carboxylic acid groups (broad SMARTS) is 1. The van der Waals surface area contributed by atoms with E-state index in [9.17, 15) is 9.59 Å². The molecule has 0 aliphatic carbocycles. The van der Waals surface area contributed by atoms with E-state index < -0.39 is 5.97 Å². The van der Waals surface area contributed by atoms with E-state index in [-0.39, 0.29) is 18.4 Å². The first-order valence-corrected chi connectivity index (χ1v) is 5.54. The molecule has 0 radical (unpaired) electrons. The van der Waals surface area contributed by atoms with Crippen LogP contribution in [0.2, 0.25) is 0 Å². The zero-order valence-corrected chi connectivity index (χ0v) is 10.6. The molecule has 16 heavy (non-hydrogen) atoms. The fraction of sp³-hybridized carbons (Fsp3) is 0.818. The lowest BCUT2D eigenvalue weighted by Gasteiger charge is -2.26. The molecule has 0 aliphatic heterocycles. The molecule has 0 heterocycles. The average molecular weight is 230 g/mol. The van der Waals surface area contributed by atoms with E-state index in [4.69, 9.17) is 5.11 Å². The van der Waals surface area contributed by atoms with Gasteiger partial charge in [-0.2, -0.15) is 0 Å². The van der Waals surface area contributed by atoms with Crippen molar-refractivity contribution in [3.63, 3.8) is 0 Å². The van der Waals surface area contributed by atoms with Gasteiger partial charge in [0.25, 0.3) is 0 Å². The van der Waals surface area contributed by atoms with Gasteiger partial charge in [-0.05, 0) is 13.5 Å². The lowest BCUT2D eigenvalue weighted by Crippen LogP contribution is -2.37. The number of aliphatic carboxylic acids is 1. The molecule has 0 saturated heterocycles. The molecule has 1 unspecified atom stereocenters. The quantitative estimate of drug-likeness (QED) is 0.697. The third-order valence-electron chi connectivity index (χ3n) is 2.61. The molecule has 5 nitrogen and oxygen atoms in total. The van der Waals surface area contributed by atoms with Crippen molar-refractivity contribution in [2.24, 2.45) is 0 Å². The molecule has 1 amide bonds. The van der Waals surface area contributed by atoms with Gasteiger partial charge in [0.05, 0.1) is 6.42 Å². The Morgan fingerprint density at radius 1 is 1.31 bits per heavy atom. The van der Waals surface area contributed by atoms with Gasteiger partial charge in [-0.1, -0.05) is 6.92 Å². The van der Waals surface area contributed by atoms with Crippen LogP contribution in [0.3, 0.4) is 0 Å². The minimum Gasteiger partial charge on any atom is -0.481 e. The molecule has 94 valence electrons. The maximum Gasteiger partial charge on any atom is 0.304 e. The van der Waals surface area contributed by atoms with E-state index in [0.717, 1.165) is 6.54 Å². The van der Waals surface area contributed by atoms with Crippen molar-refractivity contribution in [2.45, 2.75) is 32.7 Å². The van der Waals surface area contributed by atoms with Crippen molar-refractivity contribution >= 4 is 11.9 Å². The van der Waals surface area contributed by atoms with Crippen LogP contribution in [0.25, 0.3) is 0 Å². The van der Waals surface area contributed by atoms with Gasteiger partial charge in [0, 0.05) is 33.1 Å². The monoisotopic (exact) mass is 230 g/mol. The molecule has 0 bridgehead atoms. The molecular weight excluding hydrogens is 208 g/mol. The van der Waals surface area contributed by atoms with E-state index in [1.807, 2.05) is 18.7 Å². The molecule has 0 fully saturated rings. The molecular formula is C11H22N2O3. The summed E-state index contributed by atoms with van der Waals surface area (Å²) < 4.78 is 0. The highest BCUT2D eigenvalue weighted by molar-refractivity contribution is 5.75. The molecule has 1 atom stereocenters. The summed E-state index contributed by atoms with van der Waals surface area (Å²) in [5, 5.41) is 8.69. The summed E-state index contributed by atoms with van der Waals surface area (Å²) >= 11 is 0. The van der Waals surface area contributed by atoms with Gasteiger partial charge in [0.1, 0.15) is 0 Å². The second-order valence-corrected chi connectivity index (χ2v) is 4.11. The van der Waals surface area contributed by atoms with Crippen molar-refractivity contribution < 1.29 is 14.7 Å². The summed E-state index contributed by atoms with van der Waals surface area (Å²) in [6, 6.07) is -0.0301. The standard InChI is InChI=1S/C11H22N2O3/c1-5-13(9(2)8-11(15)16)7-6-10(14)12(3)4/h9H,5-8H2,1-4H3,(H,15,16). The van der Waals surface area contributed by atoms with E-state index >= 15 is 0 Å². The van der Waals surface area contributed by atoms with Gasteiger partial charge < -0.3 is 10.0 Å². The number of amides is 1. The fourth-order valence-electron chi connectivity index (χ4n) is 1.53. The predicted octanol–water partition coefficient (Wildman–Crippen LogP) is 0.650. The molecule has 0 aromatic rings. The Labute approximate surface area is 97.0 Å². The van der Waals surface area contributed by atoms with Crippen molar-refractivity contribution in [2.75, 3.05) is 27.2 Å². The zero-order valence-electron chi connectivity index (χ0n) is 10.6. The van der Waals surface area contributed by atoms with Gasteiger partial charge >= 0.3 is 5.97 Å². The minimum atomic E-state index is -0.801. The molecule has 0 aliphatic rings. The van der Waals surface area contributed by atoms with E-state index in [2.05, 4.69) is 0 Å². The van der Waals surface area contributed by atoms with Crippen LogP contribution < -0.4 is 0 Å². The van der Waals surface area contributed by atoms with E-state index in [0.29, 0.717) is 13.0 Å². The molecule has 0 aromatic heterocycles. The maximum atomic E-state index is 11.4. The first kappa shape index (κ1) is 14.9. The summed E-state index contributed by atoms with van der Waals surface area (Å²) in [6.07, 6.45) is 0.550. The number of rotatable bonds is 7. The summed E-state index contributed by atoms with van der Waals surface area (Å²) in [5.41, 5.74) is 0. The SMILES string of the molecule is CCN(CCC(=O)N(C)C)C(C)CC(=O)O. The first-order valence-electron chi connectivity index (χ1n) is 5.54. The van der Waals surface area contributed by atoms with Crippen molar-refractivity contribution in [3.8, 4) is 0 Å². The van der Waals surface area contributed by atoms with Crippen LogP contribution in [0.4, 0.5) is 0 Å². The predicted molar refractivity (Wildman–Crippen MR) is 62.3 cm³/mol. The van der Waals surface area contributed by atoms with Gasteiger partial charge in [-0.25, -0.2) is 0 Å². The zero-order chi connectivity index (χ0) is 12.7. The van der Waals surface area contributed by atoms with Crippen LogP contribution in [0.1, 0.15) is 26.7 Å². The molecule has 5 heteroatoms. The Bertz CT molecular complexity index is 241. The van der Waals surface area contributed by atoms with Crippen LogP contribution >= 0.6 is 0 Å². The Morgan fingerprint density at radius 2 is 1.88 bits per heavy atom. The summed E-state index contributed by atoms with van der Waals surface area (Å²) in [5.74, 6) is -0.731. The van der Waals surface area contributed by atoms with Crippen LogP contribution in [0.15, 0.2) is 0 Å². The summed E-state index contributed by atoms with van der Waals surface area (Å²) in [7, 11) is 3.44. The smallest absolute Gasteiger partial charge is 0.304 e. The number of hydrogen-bond acceptors (Lipinski definition) is 3. The van der Waals surface area contributed by atoms with Gasteiger partial charge in [-0.15, -0.1) is 0 Å². The number of carboxylic acids is 1. The van der Waals surface area contributed by atoms with Crippen LogP contribution in [-0.2, 0) is 9.59 Å². The van der Waals surface area contributed by atoms with Crippen LogP contribution in [0, 0.1) is 0 Å². The third kappa shape index (κ3) is 5.70. The van der Waals surface area contributed by atoms with Crippen molar-refractivity contribution in [3.05, 3.63) is 0 Å². The lowest BCUT2D eigenvalue weighted by molar-refractivity contribution is -0.138. The minimum absolute atomic E-state index is 0.0301. The van der Waals surface area contributed by atoms with E-state index in [1.165, 1.54) is 0 Å². The lowest BCUT2D eigenvalue weighted by atomic mass is 10.2. The Morgan fingerprint density at radius 3 is 2.25 bits per heavy atom. The summed E-state index contributed by atoms with van der Waals surface area (Å²) in [6.45, 7) is 5.22. The largest absolute Gasteiger partial charge is 0.481 e. The van der Waals surface area contributed by atoms with Crippen LogP contribution in [-0.4, -0.2) is 60.0 Å². The van der Waals surface area contributed by atoms with Gasteiger partial charge in [-0.3, -0.25) is 14.5 Å².